The maximum Gasteiger partial charge on any atom is 0.135 e. The lowest BCUT2D eigenvalue weighted by Gasteiger charge is -2.24. The molecule has 0 spiro atoms. The number of rotatable bonds is 3. The molecule has 4 nitrogen and oxygen atoms in total. The van der Waals surface area contributed by atoms with Crippen LogP contribution in [0.25, 0.3) is 0 Å². The van der Waals surface area contributed by atoms with E-state index in [0.29, 0.717) is 0 Å². The van der Waals surface area contributed by atoms with Crippen molar-refractivity contribution in [3.05, 3.63) is 42.2 Å². The van der Waals surface area contributed by atoms with Crippen molar-refractivity contribution in [3.63, 3.8) is 0 Å². The minimum absolute atomic E-state index is 0.0875. The van der Waals surface area contributed by atoms with Gasteiger partial charge in [0.15, 0.2) is 0 Å². The normalized spacial score (nSPS) is 15.9. The molecular weight excluding hydrogens is 296 g/mol. The van der Waals surface area contributed by atoms with Gasteiger partial charge in [0.05, 0.1) is 0 Å². The van der Waals surface area contributed by atoms with Crippen molar-refractivity contribution in [2.45, 2.75) is 51.9 Å². The molecule has 0 atom stereocenters. The van der Waals surface area contributed by atoms with Crippen LogP contribution in [0.5, 0.6) is 0 Å². The smallest absolute Gasteiger partial charge is 0.135 e. The largest absolute Gasteiger partial charge is 0.356 e. The average Bonchev–Trinajstić information content (AvgIpc) is 2.84. The average molecular weight is 324 g/mol. The first-order valence-corrected chi connectivity index (χ1v) is 8.97. The lowest BCUT2D eigenvalue weighted by atomic mass is 9.86. The van der Waals surface area contributed by atoms with E-state index in [1.165, 1.54) is 31.2 Å². The summed E-state index contributed by atoms with van der Waals surface area (Å²) < 4.78 is 0. The topological polar surface area (TPSA) is 41.0 Å². The van der Waals surface area contributed by atoms with E-state index in [9.17, 15) is 0 Å². The lowest BCUT2D eigenvalue weighted by molar-refractivity contribution is 0.592. The second kappa shape index (κ2) is 7.20. The third-order valence-corrected chi connectivity index (χ3v) is 4.58. The first-order chi connectivity index (χ1) is 11.5. The van der Waals surface area contributed by atoms with Crippen LogP contribution in [-0.4, -0.2) is 23.1 Å². The Morgan fingerprint density at radius 1 is 0.958 bits per heavy atom. The number of nitrogens with zero attached hydrogens (tertiary/aromatic N) is 3. The number of nitrogens with one attached hydrogen (secondary N) is 1. The number of benzene rings is 1. The van der Waals surface area contributed by atoms with Crippen molar-refractivity contribution in [2.75, 3.05) is 23.3 Å². The molecule has 1 aliphatic heterocycles. The van der Waals surface area contributed by atoms with Gasteiger partial charge in [0.25, 0.3) is 0 Å². The quantitative estimate of drug-likeness (QED) is 0.872. The molecule has 2 heterocycles. The van der Waals surface area contributed by atoms with Crippen molar-refractivity contribution in [2.24, 2.45) is 0 Å². The Morgan fingerprint density at radius 2 is 1.67 bits per heavy atom. The van der Waals surface area contributed by atoms with Crippen LogP contribution in [-0.2, 0) is 5.41 Å². The van der Waals surface area contributed by atoms with E-state index in [1.54, 1.807) is 6.33 Å². The number of para-hydroxylation sites is 1. The molecule has 1 aromatic heterocycles. The van der Waals surface area contributed by atoms with Crippen LogP contribution in [0.4, 0.5) is 17.3 Å². The summed E-state index contributed by atoms with van der Waals surface area (Å²) >= 11 is 0. The second-order valence-electron chi connectivity index (χ2n) is 7.58. The summed E-state index contributed by atoms with van der Waals surface area (Å²) in [7, 11) is 0. The fraction of sp³-hybridized carbons (Fsp3) is 0.500. The number of anilines is 3. The molecule has 1 saturated heterocycles. The van der Waals surface area contributed by atoms with Gasteiger partial charge in [0, 0.05) is 24.8 Å². The van der Waals surface area contributed by atoms with Gasteiger partial charge in [-0.25, -0.2) is 9.97 Å². The van der Waals surface area contributed by atoms with E-state index in [0.717, 1.165) is 30.4 Å². The highest BCUT2D eigenvalue weighted by molar-refractivity contribution is 5.64. The Hall–Kier alpha value is -2.10. The molecule has 0 amide bonds. The molecule has 3 rings (SSSR count). The van der Waals surface area contributed by atoms with Crippen LogP contribution in [0.2, 0.25) is 0 Å². The molecular formula is C20H28N4. The van der Waals surface area contributed by atoms with Crippen LogP contribution in [0, 0.1) is 0 Å². The third kappa shape index (κ3) is 4.05. The van der Waals surface area contributed by atoms with E-state index < -0.39 is 0 Å². The third-order valence-electron chi connectivity index (χ3n) is 4.58. The maximum atomic E-state index is 4.49. The van der Waals surface area contributed by atoms with E-state index in [-0.39, 0.29) is 5.41 Å². The molecule has 1 N–H and O–H groups in total. The van der Waals surface area contributed by atoms with Crippen LogP contribution in [0.3, 0.4) is 0 Å². The molecule has 1 aromatic carbocycles. The monoisotopic (exact) mass is 324 g/mol. The van der Waals surface area contributed by atoms with Gasteiger partial charge in [0.2, 0.25) is 0 Å². The summed E-state index contributed by atoms with van der Waals surface area (Å²) in [5.74, 6) is 1.89. The summed E-state index contributed by atoms with van der Waals surface area (Å²) in [5.41, 5.74) is 2.50. The summed E-state index contributed by atoms with van der Waals surface area (Å²) in [5, 5.41) is 3.50. The second-order valence-corrected chi connectivity index (χ2v) is 7.58. The van der Waals surface area contributed by atoms with Gasteiger partial charge in [-0.2, -0.15) is 0 Å². The zero-order valence-corrected chi connectivity index (χ0v) is 15.0. The number of hydrogen-bond acceptors (Lipinski definition) is 4. The Bertz CT molecular complexity index is 667. The van der Waals surface area contributed by atoms with E-state index >= 15 is 0 Å². The van der Waals surface area contributed by atoms with Gasteiger partial charge < -0.3 is 10.2 Å². The van der Waals surface area contributed by atoms with Crippen molar-refractivity contribution in [1.82, 2.24) is 9.97 Å². The molecule has 24 heavy (non-hydrogen) atoms. The number of hydrogen-bond donors (Lipinski definition) is 1. The highest BCUT2D eigenvalue weighted by Crippen LogP contribution is 2.31. The summed E-state index contributed by atoms with van der Waals surface area (Å²) in [6, 6.07) is 10.5. The maximum absolute atomic E-state index is 4.49. The van der Waals surface area contributed by atoms with Crippen LogP contribution in [0.1, 0.15) is 52.0 Å². The van der Waals surface area contributed by atoms with Gasteiger partial charge in [0.1, 0.15) is 18.0 Å². The number of aromatic nitrogens is 2. The molecule has 2 aromatic rings. The van der Waals surface area contributed by atoms with Gasteiger partial charge in [-0.1, -0.05) is 51.8 Å². The molecule has 0 radical (unpaired) electrons. The molecule has 0 unspecified atom stereocenters. The molecule has 0 aliphatic carbocycles. The molecule has 1 fully saturated rings. The van der Waals surface area contributed by atoms with Gasteiger partial charge >= 0.3 is 0 Å². The summed E-state index contributed by atoms with van der Waals surface area (Å²) in [6.45, 7) is 8.88. The first-order valence-electron chi connectivity index (χ1n) is 8.97. The van der Waals surface area contributed by atoms with Crippen LogP contribution < -0.4 is 10.2 Å². The molecule has 4 heteroatoms. The van der Waals surface area contributed by atoms with E-state index in [2.05, 4.69) is 71.3 Å². The van der Waals surface area contributed by atoms with E-state index in [1.807, 2.05) is 0 Å². The summed E-state index contributed by atoms with van der Waals surface area (Å²) in [6.07, 6.45) is 6.82. The molecule has 0 bridgehead atoms. The van der Waals surface area contributed by atoms with Crippen molar-refractivity contribution in [3.8, 4) is 0 Å². The lowest BCUT2D eigenvalue weighted by Crippen LogP contribution is -2.25. The predicted molar refractivity (Wildman–Crippen MR) is 101 cm³/mol. The highest BCUT2D eigenvalue weighted by Gasteiger charge is 2.18. The Morgan fingerprint density at radius 3 is 2.38 bits per heavy atom. The molecule has 1 aliphatic rings. The molecule has 0 saturated carbocycles. The fourth-order valence-corrected chi connectivity index (χ4v) is 3.27. The predicted octanol–water partition coefficient (Wildman–Crippen LogP) is 4.90. The molecule has 128 valence electrons. The van der Waals surface area contributed by atoms with Crippen LogP contribution >= 0.6 is 0 Å². The minimum atomic E-state index is 0.0875. The van der Waals surface area contributed by atoms with Gasteiger partial charge in [-0.15, -0.1) is 0 Å². The Kier molecular flexibility index (Phi) is 5.03. The van der Waals surface area contributed by atoms with Crippen molar-refractivity contribution < 1.29 is 0 Å². The zero-order chi connectivity index (χ0) is 17.0. The Labute approximate surface area is 145 Å². The fourth-order valence-electron chi connectivity index (χ4n) is 3.27. The SMILES string of the molecule is CC(C)(C)c1ccccc1Nc1cc(N2CCCCCC2)ncn1. The van der Waals surface area contributed by atoms with Gasteiger partial charge in [-0.3, -0.25) is 0 Å². The van der Waals surface area contributed by atoms with Crippen molar-refractivity contribution >= 4 is 17.3 Å². The standard InChI is InChI=1S/C20H28N4/c1-20(2,3)16-10-6-7-11-17(16)23-18-14-19(22-15-21-18)24-12-8-4-5-9-13-24/h6-7,10-11,14-15H,4-5,8-9,12-13H2,1-3H3,(H,21,22,23). The zero-order valence-electron chi connectivity index (χ0n) is 15.0. The van der Waals surface area contributed by atoms with Crippen molar-refractivity contribution in [1.29, 1.82) is 0 Å². The Balaban J connectivity index is 1.83. The van der Waals surface area contributed by atoms with E-state index in [4.69, 9.17) is 0 Å². The van der Waals surface area contributed by atoms with Crippen LogP contribution in [0.15, 0.2) is 36.7 Å². The minimum Gasteiger partial charge on any atom is -0.356 e. The highest BCUT2D eigenvalue weighted by atomic mass is 15.2. The summed E-state index contributed by atoms with van der Waals surface area (Å²) in [4.78, 5) is 11.3. The van der Waals surface area contributed by atoms with Gasteiger partial charge in [-0.05, 0) is 29.9 Å². The first kappa shape index (κ1) is 16.7.